The van der Waals surface area contributed by atoms with Gasteiger partial charge in [0.25, 0.3) is 0 Å². The largest absolute Gasteiger partial charge is 0.495 e. The Balaban J connectivity index is 1.64. The van der Waals surface area contributed by atoms with Gasteiger partial charge in [-0.2, -0.15) is 0 Å². The van der Waals surface area contributed by atoms with Crippen molar-refractivity contribution in [3.63, 3.8) is 0 Å². The van der Waals surface area contributed by atoms with E-state index in [1.54, 1.807) is 19.5 Å². The Morgan fingerprint density at radius 1 is 1.27 bits per heavy atom. The van der Waals surface area contributed by atoms with Gasteiger partial charge in [0.15, 0.2) is 0 Å². The van der Waals surface area contributed by atoms with E-state index in [1.807, 2.05) is 36.4 Å². The van der Waals surface area contributed by atoms with E-state index in [-0.39, 0.29) is 18.0 Å². The molecule has 6 nitrogen and oxygen atoms in total. The van der Waals surface area contributed by atoms with E-state index in [0.717, 1.165) is 5.56 Å². The average Bonchev–Trinajstić information content (AvgIpc) is 3.06. The quantitative estimate of drug-likeness (QED) is 0.800. The second-order valence-corrected chi connectivity index (χ2v) is 5.11. The predicted octanol–water partition coefficient (Wildman–Crippen LogP) is 1.64. The summed E-state index contributed by atoms with van der Waals surface area (Å²) in [7, 11) is 1.58. The number of pyridine rings is 1. The molecule has 2 aromatic rings. The molecule has 6 heteroatoms. The summed E-state index contributed by atoms with van der Waals surface area (Å²) >= 11 is 0. The van der Waals surface area contributed by atoms with Crippen LogP contribution in [-0.2, 0) is 4.79 Å². The summed E-state index contributed by atoms with van der Waals surface area (Å²) in [6.45, 7) is 0. The van der Waals surface area contributed by atoms with E-state index < -0.39 is 0 Å². The molecule has 3 rings (SSSR count). The van der Waals surface area contributed by atoms with Crippen LogP contribution in [0.1, 0.15) is 18.0 Å². The Hall–Kier alpha value is -2.44. The van der Waals surface area contributed by atoms with Gasteiger partial charge < -0.3 is 10.1 Å². The third-order valence-corrected chi connectivity index (χ3v) is 3.67. The molecule has 1 fully saturated rings. The zero-order chi connectivity index (χ0) is 15.4. The van der Waals surface area contributed by atoms with Crippen molar-refractivity contribution in [1.82, 2.24) is 15.8 Å². The number of amides is 1. The number of nitrogens with one attached hydrogen (secondary N) is 3. The number of carbonyl (C=O) groups excluding carboxylic acids is 1. The molecule has 1 aromatic heterocycles. The molecule has 1 saturated heterocycles. The minimum atomic E-state index is -0.310. The summed E-state index contributed by atoms with van der Waals surface area (Å²) in [6, 6.07) is 11.0. The fourth-order valence-electron chi connectivity index (χ4n) is 2.50. The van der Waals surface area contributed by atoms with Crippen molar-refractivity contribution >= 4 is 11.6 Å². The second-order valence-electron chi connectivity index (χ2n) is 5.11. The van der Waals surface area contributed by atoms with Crippen molar-refractivity contribution in [2.45, 2.75) is 18.5 Å². The first kappa shape index (κ1) is 14.5. The van der Waals surface area contributed by atoms with Crippen LogP contribution >= 0.6 is 0 Å². The summed E-state index contributed by atoms with van der Waals surface area (Å²) < 4.78 is 5.24. The van der Waals surface area contributed by atoms with E-state index in [2.05, 4.69) is 21.2 Å². The van der Waals surface area contributed by atoms with Crippen molar-refractivity contribution < 1.29 is 9.53 Å². The zero-order valence-corrected chi connectivity index (χ0v) is 12.2. The number of aromatic nitrogens is 1. The molecule has 1 aliphatic heterocycles. The Kier molecular flexibility index (Phi) is 4.32. The number of anilines is 1. The van der Waals surface area contributed by atoms with E-state index in [9.17, 15) is 4.79 Å². The van der Waals surface area contributed by atoms with Gasteiger partial charge in [0, 0.05) is 18.4 Å². The molecule has 22 heavy (non-hydrogen) atoms. The van der Waals surface area contributed by atoms with Crippen molar-refractivity contribution in [2.75, 3.05) is 12.4 Å². The molecule has 2 heterocycles. The van der Waals surface area contributed by atoms with Gasteiger partial charge in [-0.05, 0) is 30.2 Å². The zero-order valence-electron chi connectivity index (χ0n) is 12.2. The smallest absolute Gasteiger partial charge is 0.243 e. The molecule has 1 amide bonds. The van der Waals surface area contributed by atoms with Gasteiger partial charge in [-0.1, -0.05) is 18.2 Å². The first-order valence-electron chi connectivity index (χ1n) is 7.13. The highest BCUT2D eigenvalue weighted by Crippen LogP contribution is 2.25. The van der Waals surface area contributed by atoms with E-state index in [0.29, 0.717) is 17.9 Å². The van der Waals surface area contributed by atoms with Crippen LogP contribution in [0, 0.1) is 0 Å². The Morgan fingerprint density at radius 2 is 2.14 bits per heavy atom. The van der Waals surface area contributed by atoms with Gasteiger partial charge in [0.05, 0.1) is 12.8 Å². The maximum absolute atomic E-state index is 12.4. The molecular weight excluding hydrogens is 280 g/mol. The lowest BCUT2D eigenvalue weighted by Crippen LogP contribution is -2.39. The standard InChI is InChI=1S/C16H18N4O2/c1-22-15-7-3-2-6-12(15)18-16(21)14-9-13(19-20-14)11-5-4-8-17-10-11/h2-8,10,13-14,19-20H,9H2,1H3,(H,18,21). The van der Waals surface area contributed by atoms with Crippen molar-refractivity contribution in [2.24, 2.45) is 0 Å². The summed E-state index contributed by atoms with van der Waals surface area (Å²) in [5.74, 6) is 0.550. The van der Waals surface area contributed by atoms with Gasteiger partial charge in [0.1, 0.15) is 11.8 Å². The topological polar surface area (TPSA) is 75.3 Å². The van der Waals surface area contributed by atoms with E-state index in [4.69, 9.17) is 4.74 Å². The highest BCUT2D eigenvalue weighted by atomic mass is 16.5. The molecule has 0 saturated carbocycles. The fraction of sp³-hybridized carbons (Fsp3) is 0.250. The monoisotopic (exact) mass is 298 g/mol. The third-order valence-electron chi connectivity index (χ3n) is 3.67. The summed E-state index contributed by atoms with van der Waals surface area (Å²) in [6.07, 6.45) is 4.20. The second kappa shape index (κ2) is 6.55. The van der Waals surface area contributed by atoms with E-state index >= 15 is 0 Å². The minimum Gasteiger partial charge on any atom is -0.495 e. The lowest BCUT2D eigenvalue weighted by molar-refractivity contribution is -0.117. The molecule has 2 atom stereocenters. The summed E-state index contributed by atoms with van der Waals surface area (Å²) in [4.78, 5) is 16.5. The Bertz CT molecular complexity index is 648. The number of benzene rings is 1. The van der Waals surface area contributed by atoms with Crippen LogP contribution < -0.4 is 20.9 Å². The Labute approximate surface area is 128 Å². The molecule has 0 radical (unpaired) electrons. The Morgan fingerprint density at radius 3 is 2.91 bits per heavy atom. The maximum atomic E-state index is 12.4. The SMILES string of the molecule is COc1ccccc1NC(=O)C1CC(c2cccnc2)NN1. The molecule has 114 valence electrons. The molecular formula is C16H18N4O2. The number of para-hydroxylation sites is 2. The highest BCUT2D eigenvalue weighted by molar-refractivity contribution is 5.96. The number of hydrogen-bond donors (Lipinski definition) is 3. The van der Waals surface area contributed by atoms with E-state index in [1.165, 1.54) is 0 Å². The van der Waals surface area contributed by atoms with Gasteiger partial charge in [-0.25, -0.2) is 10.9 Å². The van der Waals surface area contributed by atoms with Gasteiger partial charge in [-0.3, -0.25) is 9.78 Å². The van der Waals surface area contributed by atoms with Crippen LogP contribution in [-0.4, -0.2) is 24.0 Å². The van der Waals surface area contributed by atoms with Crippen molar-refractivity contribution in [1.29, 1.82) is 0 Å². The molecule has 0 spiro atoms. The highest BCUT2D eigenvalue weighted by Gasteiger charge is 2.30. The maximum Gasteiger partial charge on any atom is 0.243 e. The van der Waals surface area contributed by atoms with Crippen LogP contribution in [0.2, 0.25) is 0 Å². The van der Waals surface area contributed by atoms with Crippen LogP contribution in [0.15, 0.2) is 48.8 Å². The first-order valence-corrected chi connectivity index (χ1v) is 7.13. The summed E-state index contributed by atoms with van der Waals surface area (Å²) in [5.41, 5.74) is 7.89. The normalized spacial score (nSPS) is 20.6. The van der Waals surface area contributed by atoms with Crippen LogP contribution in [0.4, 0.5) is 5.69 Å². The van der Waals surface area contributed by atoms with Crippen molar-refractivity contribution in [3.8, 4) is 5.75 Å². The number of methoxy groups -OCH3 is 1. The number of nitrogens with zero attached hydrogens (tertiary/aromatic N) is 1. The summed E-state index contributed by atoms with van der Waals surface area (Å²) in [5, 5.41) is 2.89. The lowest BCUT2D eigenvalue weighted by Gasteiger charge is -2.13. The average molecular weight is 298 g/mol. The van der Waals surface area contributed by atoms with Gasteiger partial charge in [-0.15, -0.1) is 0 Å². The molecule has 0 bridgehead atoms. The number of hydrazine groups is 1. The van der Waals surface area contributed by atoms with Gasteiger partial charge >= 0.3 is 0 Å². The van der Waals surface area contributed by atoms with Crippen LogP contribution in [0.5, 0.6) is 5.75 Å². The minimum absolute atomic E-state index is 0.0714. The molecule has 2 unspecified atom stereocenters. The molecule has 0 aliphatic carbocycles. The first-order chi connectivity index (χ1) is 10.8. The number of carbonyl (C=O) groups is 1. The number of ether oxygens (including phenoxy) is 1. The molecule has 3 N–H and O–H groups in total. The third kappa shape index (κ3) is 3.08. The molecule has 1 aliphatic rings. The number of hydrogen-bond acceptors (Lipinski definition) is 5. The fourth-order valence-corrected chi connectivity index (χ4v) is 2.50. The van der Waals surface area contributed by atoms with Gasteiger partial charge in [0.2, 0.25) is 5.91 Å². The molecule has 1 aromatic carbocycles. The van der Waals surface area contributed by atoms with Crippen molar-refractivity contribution in [3.05, 3.63) is 54.4 Å². The lowest BCUT2D eigenvalue weighted by atomic mass is 10.0. The van der Waals surface area contributed by atoms with Crippen LogP contribution in [0.25, 0.3) is 0 Å². The predicted molar refractivity (Wildman–Crippen MR) is 83.3 cm³/mol. The number of rotatable bonds is 4. The van der Waals surface area contributed by atoms with Crippen LogP contribution in [0.3, 0.4) is 0 Å².